The van der Waals surface area contributed by atoms with Crippen LogP contribution in [-0.2, 0) is 12.8 Å². The third kappa shape index (κ3) is 7.22. The number of carbonyl (C=O) groups is 2. The maximum absolute atomic E-state index is 13.6. The van der Waals surface area contributed by atoms with Crippen LogP contribution in [0.15, 0.2) is 119 Å². The molecule has 0 saturated carbocycles. The summed E-state index contributed by atoms with van der Waals surface area (Å²) in [5.41, 5.74) is 5.75. The summed E-state index contributed by atoms with van der Waals surface area (Å²) < 4.78 is 6.26. The summed E-state index contributed by atoms with van der Waals surface area (Å²) in [6.07, 6.45) is 1.47. The Hall–Kier alpha value is -4.38. The van der Waals surface area contributed by atoms with Crippen molar-refractivity contribution in [1.29, 1.82) is 0 Å². The zero-order valence-corrected chi connectivity index (χ0v) is 31.6. The van der Waals surface area contributed by atoms with Crippen LogP contribution >= 0.6 is 46.4 Å². The van der Waals surface area contributed by atoms with Crippen molar-refractivity contribution in [3.8, 4) is 11.5 Å². The number of Topliss-reactive ketones (excluding diaryl/α,β-unsaturated/α-hetero) is 2. The van der Waals surface area contributed by atoms with Gasteiger partial charge in [-0.2, -0.15) is 0 Å². The van der Waals surface area contributed by atoms with Crippen molar-refractivity contribution in [2.75, 3.05) is 0 Å². The molecule has 0 amide bonds. The Labute approximate surface area is 318 Å². The molecule has 0 heterocycles. The Kier molecular flexibility index (Phi) is 11.0. The first-order valence-corrected chi connectivity index (χ1v) is 18.2. The first-order valence-electron chi connectivity index (χ1n) is 16.6. The second-order valence-electron chi connectivity index (χ2n) is 12.3. The molecule has 0 N–H and O–H groups in total. The van der Waals surface area contributed by atoms with E-state index in [9.17, 15) is 9.59 Å². The molecule has 6 aromatic carbocycles. The number of fused-ring (bicyclic) bond motifs is 2. The van der Waals surface area contributed by atoms with Crippen molar-refractivity contribution in [1.82, 2.24) is 0 Å². The van der Waals surface area contributed by atoms with Gasteiger partial charge in [-0.1, -0.05) is 133 Å². The summed E-state index contributed by atoms with van der Waals surface area (Å²) in [7, 11) is 0. The van der Waals surface area contributed by atoms with Crippen LogP contribution in [0.2, 0.25) is 0 Å². The lowest BCUT2D eigenvalue weighted by Gasteiger charge is -2.15. The molecule has 0 aliphatic rings. The normalized spacial score (nSPS) is 12.5. The molecule has 6 rings (SSSR count). The molecule has 7 heteroatoms. The average Bonchev–Trinajstić information content (AvgIpc) is 3.16. The van der Waals surface area contributed by atoms with E-state index in [0.29, 0.717) is 22.6 Å². The van der Waals surface area contributed by atoms with Gasteiger partial charge >= 0.3 is 0 Å². The van der Waals surface area contributed by atoms with E-state index < -0.39 is 0 Å². The average molecular weight is 753 g/mol. The van der Waals surface area contributed by atoms with Gasteiger partial charge in [0.05, 0.1) is 10.1 Å². The predicted octanol–water partition coefficient (Wildman–Crippen LogP) is 13.6. The Bertz CT molecular complexity index is 2250. The number of hydrogen-bond acceptors (Lipinski definition) is 3. The van der Waals surface area contributed by atoms with Crippen LogP contribution in [0.4, 0.5) is 0 Å². The Morgan fingerprint density at radius 1 is 0.529 bits per heavy atom. The minimum atomic E-state index is -0.386. The van der Waals surface area contributed by atoms with E-state index in [-0.39, 0.29) is 31.7 Å². The number of hydrogen-bond donors (Lipinski definition) is 0. The topological polar surface area (TPSA) is 43.4 Å². The molecule has 0 radical (unpaired) electrons. The van der Waals surface area contributed by atoms with Crippen LogP contribution in [-0.4, -0.2) is 11.6 Å². The lowest BCUT2D eigenvalue weighted by Crippen LogP contribution is -2.04. The smallest absolute Gasteiger partial charge is 0.205 e. The van der Waals surface area contributed by atoms with E-state index in [1.54, 1.807) is 36.4 Å². The highest BCUT2D eigenvalue weighted by molar-refractivity contribution is 6.62. The standard InChI is InChI=1S/C44H34Cl4O3/c1-5-27-15-17-29-11-7-9-13-33(29)37(27)39(45)41(47)43(49)31-19-21-35(25(3)23-31)51-36-22-20-32(24-26(36)4)44(50)42(48)40(46)38-28(6-2)16-18-30-12-8-10-14-34(30)38/h7-24H,5-6H2,1-4H3/b41-39+,42-40+. The van der Waals surface area contributed by atoms with Gasteiger partial charge < -0.3 is 4.74 Å². The first kappa shape index (κ1) is 36.4. The summed E-state index contributed by atoms with van der Waals surface area (Å²) in [4.78, 5) is 27.2. The van der Waals surface area contributed by atoms with Crippen molar-refractivity contribution in [2.24, 2.45) is 0 Å². The highest BCUT2D eigenvalue weighted by Gasteiger charge is 2.22. The summed E-state index contributed by atoms with van der Waals surface area (Å²) in [5.74, 6) is 0.324. The van der Waals surface area contributed by atoms with Crippen LogP contribution in [0.3, 0.4) is 0 Å². The van der Waals surface area contributed by atoms with Gasteiger partial charge in [-0.3, -0.25) is 9.59 Å². The molecule has 0 aliphatic heterocycles. The first-order chi connectivity index (χ1) is 24.5. The van der Waals surface area contributed by atoms with Gasteiger partial charge in [0.1, 0.15) is 21.6 Å². The molecule has 0 aliphatic carbocycles. The van der Waals surface area contributed by atoms with Crippen LogP contribution in [0.1, 0.15) is 67.9 Å². The van der Waals surface area contributed by atoms with Gasteiger partial charge in [-0.25, -0.2) is 0 Å². The molecule has 0 atom stereocenters. The Morgan fingerprint density at radius 3 is 1.29 bits per heavy atom. The maximum Gasteiger partial charge on any atom is 0.205 e. The summed E-state index contributed by atoms with van der Waals surface area (Å²) in [6, 6.07) is 34.1. The van der Waals surface area contributed by atoms with E-state index in [4.69, 9.17) is 51.1 Å². The number of aryl methyl sites for hydroxylation is 4. The summed E-state index contributed by atoms with van der Waals surface area (Å²) >= 11 is 27.1. The molecule has 51 heavy (non-hydrogen) atoms. The molecule has 0 fully saturated rings. The minimum Gasteiger partial charge on any atom is -0.457 e. The summed E-state index contributed by atoms with van der Waals surface area (Å²) in [6.45, 7) is 7.78. The lowest BCUT2D eigenvalue weighted by molar-refractivity contribution is 0.103. The van der Waals surface area contributed by atoms with Gasteiger partial charge in [0, 0.05) is 22.3 Å². The SMILES string of the molecule is CCc1ccc2ccccc2c1/C(Cl)=C(\Cl)C(=O)c1ccc(Oc2ccc(C(=O)/C(Cl)=C(\Cl)c3c(CC)ccc4ccccc34)cc2C)c(C)c1. The van der Waals surface area contributed by atoms with E-state index >= 15 is 0 Å². The number of benzene rings is 6. The third-order valence-electron chi connectivity index (χ3n) is 9.11. The number of halogens is 4. The molecule has 0 bridgehead atoms. The zero-order valence-electron chi connectivity index (χ0n) is 28.5. The number of rotatable bonds is 10. The quantitative estimate of drug-likeness (QED) is 0.103. The van der Waals surface area contributed by atoms with E-state index in [1.165, 1.54) is 0 Å². The largest absolute Gasteiger partial charge is 0.457 e. The van der Waals surface area contributed by atoms with Crippen LogP contribution in [0.5, 0.6) is 11.5 Å². The van der Waals surface area contributed by atoms with Gasteiger partial charge in [0.15, 0.2) is 0 Å². The van der Waals surface area contributed by atoms with Crippen molar-refractivity contribution in [3.63, 3.8) is 0 Å². The molecular formula is C44H34Cl4O3. The number of carbonyl (C=O) groups excluding carboxylic acids is 2. The van der Waals surface area contributed by atoms with Crippen LogP contribution in [0, 0.1) is 13.8 Å². The number of ether oxygens (including phenoxy) is 1. The molecule has 6 aromatic rings. The van der Waals surface area contributed by atoms with Crippen LogP contribution < -0.4 is 4.74 Å². The Morgan fingerprint density at radius 2 is 0.922 bits per heavy atom. The van der Waals surface area contributed by atoms with Crippen molar-refractivity contribution in [2.45, 2.75) is 40.5 Å². The minimum absolute atomic E-state index is 0.0499. The zero-order chi connectivity index (χ0) is 36.4. The second-order valence-corrected chi connectivity index (χ2v) is 13.8. The molecule has 3 nitrogen and oxygen atoms in total. The fourth-order valence-electron chi connectivity index (χ4n) is 6.34. The molecule has 0 unspecified atom stereocenters. The molecule has 0 saturated heterocycles. The van der Waals surface area contributed by atoms with E-state index in [2.05, 4.69) is 0 Å². The van der Waals surface area contributed by atoms with Gasteiger partial charge in [-0.15, -0.1) is 0 Å². The van der Waals surface area contributed by atoms with Crippen LogP contribution in [0.25, 0.3) is 31.6 Å². The maximum atomic E-state index is 13.6. The lowest BCUT2D eigenvalue weighted by atomic mass is 9.96. The van der Waals surface area contributed by atoms with Gasteiger partial charge in [-0.05, 0) is 107 Å². The van der Waals surface area contributed by atoms with E-state index in [0.717, 1.165) is 67.8 Å². The second kappa shape index (κ2) is 15.5. The molecule has 0 spiro atoms. The monoisotopic (exact) mass is 750 g/mol. The molecular weight excluding hydrogens is 718 g/mol. The van der Waals surface area contributed by atoms with Crippen molar-refractivity contribution < 1.29 is 14.3 Å². The van der Waals surface area contributed by atoms with Gasteiger partial charge in [0.2, 0.25) is 11.6 Å². The summed E-state index contributed by atoms with van der Waals surface area (Å²) in [5, 5.41) is 4.24. The highest BCUT2D eigenvalue weighted by atomic mass is 35.5. The number of allylic oxidation sites excluding steroid dienone is 2. The highest BCUT2D eigenvalue weighted by Crippen LogP contribution is 2.38. The van der Waals surface area contributed by atoms with Crippen molar-refractivity contribution in [3.05, 3.63) is 164 Å². The fraction of sp³-hybridized carbons (Fsp3) is 0.136. The van der Waals surface area contributed by atoms with E-state index in [1.807, 2.05) is 100 Å². The Balaban J connectivity index is 1.24. The third-order valence-corrected chi connectivity index (χ3v) is 10.8. The number of ketones is 2. The molecule has 0 aromatic heterocycles. The fourth-order valence-corrected chi connectivity index (χ4v) is 7.37. The van der Waals surface area contributed by atoms with Crippen molar-refractivity contribution >= 4 is 89.6 Å². The molecule has 256 valence electrons. The van der Waals surface area contributed by atoms with Gasteiger partial charge in [0.25, 0.3) is 0 Å². The predicted molar refractivity (Wildman–Crippen MR) is 215 cm³/mol.